The second-order valence-corrected chi connectivity index (χ2v) is 7.73. The van der Waals surface area contributed by atoms with Crippen molar-refractivity contribution in [1.29, 1.82) is 0 Å². The Kier molecular flexibility index (Phi) is 6.60. The number of amides is 1. The Bertz CT molecular complexity index is 645. The van der Waals surface area contributed by atoms with Crippen LogP contribution in [0.25, 0.3) is 0 Å². The Balaban J connectivity index is 1.67. The molecule has 150 valence electrons. The summed E-state index contributed by atoms with van der Waals surface area (Å²) in [5, 5.41) is 14.5. The fourth-order valence-electron chi connectivity index (χ4n) is 4.28. The second-order valence-electron chi connectivity index (χ2n) is 7.73. The van der Waals surface area contributed by atoms with E-state index < -0.39 is 5.60 Å². The largest absolute Gasteiger partial charge is 0.493 e. The number of benzene rings is 1. The van der Waals surface area contributed by atoms with Gasteiger partial charge in [0.2, 0.25) is 0 Å². The molecule has 0 unspecified atom stereocenters. The first-order valence-electron chi connectivity index (χ1n) is 10.0. The maximum atomic E-state index is 13.0. The zero-order valence-corrected chi connectivity index (χ0v) is 16.5. The van der Waals surface area contributed by atoms with Crippen molar-refractivity contribution in [3.63, 3.8) is 0 Å². The molecular weight excluding hydrogens is 344 g/mol. The van der Waals surface area contributed by atoms with Gasteiger partial charge in [0.1, 0.15) is 0 Å². The molecule has 0 bridgehead atoms. The highest BCUT2D eigenvalue weighted by Crippen LogP contribution is 2.33. The predicted molar refractivity (Wildman–Crippen MR) is 104 cm³/mol. The number of likely N-dealkylation sites (tertiary alicyclic amines) is 1. The van der Waals surface area contributed by atoms with Gasteiger partial charge >= 0.3 is 0 Å². The summed E-state index contributed by atoms with van der Waals surface area (Å²) >= 11 is 0. The van der Waals surface area contributed by atoms with Gasteiger partial charge < -0.3 is 24.8 Å². The van der Waals surface area contributed by atoms with Crippen LogP contribution in [0.2, 0.25) is 0 Å². The molecule has 1 aromatic carbocycles. The Labute approximate surface area is 161 Å². The van der Waals surface area contributed by atoms with Crippen molar-refractivity contribution >= 4 is 5.91 Å². The highest BCUT2D eigenvalue weighted by atomic mass is 16.5. The minimum absolute atomic E-state index is 0.193. The van der Waals surface area contributed by atoms with Crippen molar-refractivity contribution in [1.82, 2.24) is 10.2 Å². The standard InChI is InChI=1S/C21H32N2O4/c1-26-18-11-6-8-16(19(18)27-2)14-23-13-7-12-21(25,20(23)24)15-22-17-9-4-3-5-10-17/h6,8,11,17,22,25H,3-5,7,9-10,12-15H2,1-2H3/t21-/m1/s1. The third-order valence-electron chi connectivity index (χ3n) is 5.84. The van der Waals surface area contributed by atoms with Crippen molar-refractivity contribution in [2.75, 3.05) is 27.3 Å². The number of methoxy groups -OCH3 is 2. The van der Waals surface area contributed by atoms with Crippen LogP contribution < -0.4 is 14.8 Å². The van der Waals surface area contributed by atoms with Gasteiger partial charge in [-0.25, -0.2) is 0 Å². The first-order valence-corrected chi connectivity index (χ1v) is 10.0. The zero-order chi connectivity index (χ0) is 19.3. The fourth-order valence-corrected chi connectivity index (χ4v) is 4.28. The van der Waals surface area contributed by atoms with Crippen molar-refractivity contribution < 1.29 is 19.4 Å². The lowest BCUT2D eigenvalue weighted by atomic mass is 9.89. The molecule has 1 atom stereocenters. The number of rotatable bonds is 7. The van der Waals surface area contributed by atoms with Crippen molar-refractivity contribution in [2.24, 2.45) is 0 Å². The molecule has 0 aromatic heterocycles. The molecule has 1 aliphatic carbocycles. The summed E-state index contributed by atoms with van der Waals surface area (Å²) in [7, 11) is 3.20. The first-order chi connectivity index (χ1) is 13.1. The molecule has 1 heterocycles. The Morgan fingerprint density at radius 2 is 1.96 bits per heavy atom. The molecule has 1 aromatic rings. The molecule has 1 saturated carbocycles. The van der Waals surface area contributed by atoms with E-state index in [9.17, 15) is 9.90 Å². The summed E-state index contributed by atoms with van der Waals surface area (Å²) in [5.74, 6) is 1.10. The molecule has 2 N–H and O–H groups in total. The van der Waals surface area contributed by atoms with E-state index in [2.05, 4.69) is 5.32 Å². The Morgan fingerprint density at radius 1 is 1.19 bits per heavy atom. The van der Waals surface area contributed by atoms with Crippen LogP contribution in [-0.4, -0.2) is 54.9 Å². The lowest BCUT2D eigenvalue weighted by Gasteiger charge is -2.39. The van der Waals surface area contributed by atoms with E-state index in [1.54, 1.807) is 19.1 Å². The van der Waals surface area contributed by atoms with Crippen LogP contribution >= 0.6 is 0 Å². The molecule has 0 radical (unpaired) electrons. The molecule has 1 saturated heterocycles. The van der Waals surface area contributed by atoms with E-state index in [0.717, 1.165) is 24.8 Å². The van der Waals surface area contributed by atoms with Gasteiger partial charge in [-0.15, -0.1) is 0 Å². The summed E-state index contributed by atoms with van der Waals surface area (Å²) in [4.78, 5) is 14.8. The van der Waals surface area contributed by atoms with Crippen LogP contribution in [0.15, 0.2) is 18.2 Å². The molecular formula is C21H32N2O4. The number of ether oxygens (including phenoxy) is 2. The number of hydrogen-bond acceptors (Lipinski definition) is 5. The third-order valence-corrected chi connectivity index (χ3v) is 5.84. The van der Waals surface area contributed by atoms with Crippen LogP contribution in [-0.2, 0) is 11.3 Å². The van der Waals surface area contributed by atoms with Gasteiger partial charge in [-0.05, 0) is 31.7 Å². The quantitative estimate of drug-likeness (QED) is 0.765. The molecule has 6 nitrogen and oxygen atoms in total. The van der Waals surface area contributed by atoms with Gasteiger partial charge in [0, 0.05) is 31.2 Å². The summed E-state index contributed by atoms with van der Waals surface area (Å²) < 4.78 is 10.8. The summed E-state index contributed by atoms with van der Waals surface area (Å²) in [6, 6.07) is 6.08. The van der Waals surface area contributed by atoms with Crippen LogP contribution in [0.3, 0.4) is 0 Å². The summed E-state index contributed by atoms with van der Waals surface area (Å²) in [6.45, 7) is 1.39. The second kappa shape index (κ2) is 8.93. The zero-order valence-electron chi connectivity index (χ0n) is 16.5. The molecule has 2 fully saturated rings. The van der Waals surface area contributed by atoms with Gasteiger partial charge in [-0.3, -0.25) is 4.79 Å². The minimum Gasteiger partial charge on any atom is -0.493 e. The molecule has 2 aliphatic rings. The van der Waals surface area contributed by atoms with E-state index in [1.165, 1.54) is 19.3 Å². The highest BCUT2D eigenvalue weighted by Gasteiger charge is 2.42. The van der Waals surface area contributed by atoms with Crippen LogP contribution in [0.4, 0.5) is 0 Å². The van der Waals surface area contributed by atoms with Crippen LogP contribution in [0, 0.1) is 0 Å². The summed E-state index contributed by atoms with van der Waals surface area (Å²) in [6.07, 6.45) is 7.32. The lowest BCUT2D eigenvalue weighted by molar-refractivity contribution is -0.157. The van der Waals surface area contributed by atoms with E-state index in [-0.39, 0.29) is 5.91 Å². The highest BCUT2D eigenvalue weighted by molar-refractivity contribution is 5.86. The molecule has 1 amide bonds. The Morgan fingerprint density at radius 3 is 2.67 bits per heavy atom. The number of carbonyl (C=O) groups excluding carboxylic acids is 1. The average Bonchev–Trinajstić information content (AvgIpc) is 2.70. The predicted octanol–water partition coefficient (Wildman–Crippen LogP) is 2.48. The lowest BCUT2D eigenvalue weighted by Crippen LogP contribution is -2.58. The van der Waals surface area contributed by atoms with Gasteiger partial charge in [0.15, 0.2) is 17.1 Å². The molecule has 27 heavy (non-hydrogen) atoms. The van der Waals surface area contributed by atoms with E-state index in [1.807, 2.05) is 18.2 Å². The normalized spacial score (nSPS) is 24.1. The van der Waals surface area contributed by atoms with Crippen molar-refractivity contribution in [3.8, 4) is 11.5 Å². The van der Waals surface area contributed by atoms with Crippen LogP contribution in [0.1, 0.15) is 50.5 Å². The van der Waals surface area contributed by atoms with Gasteiger partial charge in [0.05, 0.1) is 14.2 Å². The molecule has 3 rings (SSSR count). The summed E-state index contributed by atoms with van der Waals surface area (Å²) in [5.41, 5.74) is -0.434. The van der Waals surface area contributed by atoms with E-state index >= 15 is 0 Å². The van der Waals surface area contributed by atoms with Gasteiger partial charge in [-0.2, -0.15) is 0 Å². The van der Waals surface area contributed by atoms with Gasteiger partial charge in [-0.1, -0.05) is 31.4 Å². The van der Waals surface area contributed by atoms with E-state index in [0.29, 0.717) is 43.6 Å². The topological polar surface area (TPSA) is 71.0 Å². The number of carbonyl (C=O) groups is 1. The van der Waals surface area contributed by atoms with Crippen molar-refractivity contribution in [2.45, 2.75) is 63.1 Å². The monoisotopic (exact) mass is 376 g/mol. The number of piperidine rings is 1. The Hall–Kier alpha value is -1.79. The average molecular weight is 376 g/mol. The number of hydrogen-bond donors (Lipinski definition) is 2. The van der Waals surface area contributed by atoms with Crippen LogP contribution in [0.5, 0.6) is 11.5 Å². The maximum absolute atomic E-state index is 13.0. The number of aliphatic hydroxyl groups is 1. The minimum atomic E-state index is -1.32. The first kappa shape index (κ1) is 20.0. The fraction of sp³-hybridized carbons (Fsp3) is 0.667. The number of nitrogens with zero attached hydrogens (tertiary/aromatic N) is 1. The smallest absolute Gasteiger partial charge is 0.256 e. The molecule has 1 aliphatic heterocycles. The van der Waals surface area contributed by atoms with Gasteiger partial charge in [0.25, 0.3) is 5.91 Å². The third kappa shape index (κ3) is 4.55. The maximum Gasteiger partial charge on any atom is 0.256 e. The number of para-hydroxylation sites is 1. The van der Waals surface area contributed by atoms with Crippen molar-refractivity contribution in [3.05, 3.63) is 23.8 Å². The SMILES string of the molecule is COc1cccc(CN2CCC[C@@](O)(CNC3CCCCC3)C2=O)c1OC. The molecule has 6 heteroatoms. The number of nitrogens with one attached hydrogen (secondary N) is 1. The molecule has 0 spiro atoms. The van der Waals surface area contributed by atoms with E-state index in [4.69, 9.17) is 9.47 Å².